The third-order valence-electron chi connectivity index (χ3n) is 2.73. The van der Waals surface area contributed by atoms with Gasteiger partial charge in [-0.25, -0.2) is 0 Å². The lowest BCUT2D eigenvalue weighted by Gasteiger charge is -2.04. The number of aromatic nitrogens is 1. The van der Waals surface area contributed by atoms with Crippen LogP contribution >= 0.6 is 0 Å². The molecule has 0 radical (unpaired) electrons. The summed E-state index contributed by atoms with van der Waals surface area (Å²) in [5.74, 6) is -0.249. The van der Waals surface area contributed by atoms with Crippen LogP contribution in [0.5, 0.6) is 0 Å². The van der Waals surface area contributed by atoms with Gasteiger partial charge >= 0.3 is 0 Å². The van der Waals surface area contributed by atoms with Crippen LogP contribution in [0.15, 0.2) is 12.3 Å². The molecule has 0 aliphatic carbocycles. The normalized spacial score (nSPS) is 10.4. The van der Waals surface area contributed by atoms with E-state index in [4.69, 9.17) is 4.74 Å². The Labute approximate surface area is 113 Å². The van der Waals surface area contributed by atoms with E-state index in [1.165, 1.54) is 6.92 Å². The molecule has 1 amide bonds. The molecule has 1 aromatic heterocycles. The largest absolute Gasteiger partial charge is 0.381 e. The monoisotopic (exact) mass is 266 g/mol. The highest BCUT2D eigenvalue weighted by atomic mass is 16.5. The maximum Gasteiger partial charge on any atom is 0.267 e. The third kappa shape index (κ3) is 5.70. The molecule has 0 fully saturated rings. The number of carbonyl (C=O) groups is 2. The van der Waals surface area contributed by atoms with Gasteiger partial charge in [0.15, 0.2) is 5.78 Å². The third-order valence-corrected chi connectivity index (χ3v) is 2.73. The van der Waals surface area contributed by atoms with E-state index in [-0.39, 0.29) is 11.7 Å². The van der Waals surface area contributed by atoms with Gasteiger partial charge in [0.1, 0.15) is 5.69 Å². The van der Waals surface area contributed by atoms with Crippen LogP contribution in [0, 0.1) is 0 Å². The molecular formula is C14H22N2O3. The first-order valence-corrected chi connectivity index (χ1v) is 6.70. The fraction of sp³-hybridized carbons (Fsp3) is 0.571. The van der Waals surface area contributed by atoms with E-state index < -0.39 is 0 Å². The second-order valence-electron chi connectivity index (χ2n) is 4.43. The minimum absolute atomic E-state index is 0.0559. The van der Waals surface area contributed by atoms with Crippen molar-refractivity contribution in [1.82, 2.24) is 10.3 Å². The smallest absolute Gasteiger partial charge is 0.267 e. The number of rotatable bonds is 9. The number of unbranched alkanes of at least 4 members (excludes halogenated alkanes) is 1. The Morgan fingerprint density at radius 2 is 2.05 bits per heavy atom. The van der Waals surface area contributed by atoms with E-state index in [1.807, 2.05) is 0 Å². The van der Waals surface area contributed by atoms with Crippen molar-refractivity contribution in [2.75, 3.05) is 19.8 Å². The number of ketones is 1. The number of aromatic amines is 1. The zero-order valence-electron chi connectivity index (χ0n) is 11.6. The Morgan fingerprint density at radius 1 is 1.32 bits per heavy atom. The van der Waals surface area contributed by atoms with E-state index >= 15 is 0 Å². The fourth-order valence-corrected chi connectivity index (χ4v) is 1.55. The van der Waals surface area contributed by atoms with E-state index in [9.17, 15) is 9.59 Å². The lowest BCUT2D eigenvalue weighted by molar-refractivity contribution is 0.0936. The summed E-state index contributed by atoms with van der Waals surface area (Å²) in [6.07, 6.45) is 4.53. The number of hydrogen-bond donors (Lipinski definition) is 2. The van der Waals surface area contributed by atoms with Crippen molar-refractivity contribution in [2.24, 2.45) is 0 Å². The number of Topliss-reactive ketones (excluding diaryl/α,β-unsaturated/α-hetero) is 1. The number of hydrogen-bond acceptors (Lipinski definition) is 3. The lowest BCUT2D eigenvalue weighted by atomic mass is 10.2. The number of ether oxygens (including phenoxy) is 1. The molecule has 0 saturated heterocycles. The lowest BCUT2D eigenvalue weighted by Crippen LogP contribution is -2.25. The Balaban J connectivity index is 2.18. The summed E-state index contributed by atoms with van der Waals surface area (Å²) in [5.41, 5.74) is 0.935. The SMILES string of the molecule is CCCCOCCCNC(=O)c1cc(C(C)=O)c[nH]1. The quantitative estimate of drug-likeness (QED) is 0.531. The van der Waals surface area contributed by atoms with E-state index in [0.717, 1.165) is 25.9 Å². The first-order valence-electron chi connectivity index (χ1n) is 6.70. The summed E-state index contributed by atoms with van der Waals surface area (Å²) in [5, 5.41) is 2.78. The van der Waals surface area contributed by atoms with Gasteiger partial charge in [-0.05, 0) is 25.8 Å². The second-order valence-corrected chi connectivity index (χ2v) is 4.43. The molecule has 1 rings (SSSR count). The average Bonchev–Trinajstić information content (AvgIpc) is 2.87. The Kier molecular flexibility index (Phi) is 6.89. The van der Waals surface area contributed by atoms with Crippen molar-refractivity contribution in [3.05, 3.63) is 23.5 Å². The molecule has 1 heterocycles. The number of carbonyl (C=O) groups excluding carboxylic acids is 2. The van der Waals surface area contributed by atoms with Crippen LogP contribution in [-0.4, -0.2) is 36.4 Å². The van der Waals surface area contributed by atoms with Crippen LogP contribution in [0.25, 0.3) is 0 Å². The van der Waals surface area contributed by atoms with Gasteiger partial charge in [0, 0.05) is 31.5 Å². The Morgan fingerprint density at radius 3 is 2.68 bits per heavy atom. The predicted molar refractivity (Wildman–Crippen MR) is 73.5 cm³/mol. The first kappa shape index (κ1) is 15.4. The minimum atomic E-state index is -0.193. The summed E-state index contributed by atoms with van der Waals surface area (Å²) < 4.78 is 5.39. The van der Waals surface area contributed by atoms with Gasteiger partial charge in [0.25, 0.3) is 5.91 Å². The standard InChI is InChI=1S/C14H22N2O3/c1-3-4-7-19-8-5-6-15-14(18)13-9-12(10-16-13)11(2)17/h9-10,16H,3-8H2,1-2H3,(H,15,18). The van der Waals surface area contributed by atoms with Gasteiger partial charge in [-0.3, -0.25) is 9.59 Å². The minimum Gasteiger partial charge on any atom is -0.381 e. The maximum absolute atomic E-state index is 11.7. The molecule has 5 heteroatoms. The van der Waals surface area contributed by atoms with Crippen LogP contribution in [0.3, 0.4) is 0 Å². The van der Waals surface area contributed by atoms with Crippen molar-refractivity contribution in [1.29, 1.82) is 0 Å². The molecule has 0 spiro atoms. The van der Waals surface area contributed by atoms with Crippen LogP contribution in [0.2, 0.25) is 0 Å². The van der Waals surface area contributed by atoms with Gasteiger partial charge in [-0.2, -0.15) is 0 Å². The van der Waals surface area contributed by atoms with Crippen molar-refractivity contribution >= 4 is 11.7 Å². The van der Waals surface area contributed by atoms with Gasteiger partial charge in [-0.1, -0.05) is 13.3 Å². The highest BCUT2D eigenvalue weighted by Gasteiger charge is 2.09. The Bertz CT molecular complexity index is 413. The fourth-order valence-electron chi connectivity index (χ4n) is 1.55. The van der Waals surface area contributed by atoms with Gasteiger partial charge in [0.05, 0.1) is 0 Å². The molecule has 5 nitrogen and oxygen atoms in total. The molecule has 0 unspecified atom stereocenters. The molecule has 1 aromatic rings. The highest BCUT2D eigenvalue weighted by Crippen LogP contribution is 2.04. The van der Waals surface area contributed by atoms with Crippen LogP contribution in [0.4, 0.5) is 0 Å². The highest BCUT2D eigenvalue weighted by molar-refractivity contribution is 5.98. The number of amides is 1. The molecule has 19 heavy (non-hydrogen) atoms. The average molecular weight is 266 g/mol. The van der Waals surface area contributed by atoms with E-state index in [2.05, 4.69) is 17.2 Å². The summed E-state index contributed by atoms with van der Waals surface area (Å²) in [4.78, 5) is 25.6. The van der Waals surface area contributed by atoms with Crippen molar-refractivity contribution in [3.63, 3.8) is 0 Å². The summed E-state index contributed by atoms with van der Waals surface area (Å²) in [7, 11) is 0. The van der Waals surface area contributed by atoms with Crippen LogP contribution in [-0.2, 0) is 4.74 Å². The van der Waals surface area contributed by atoms with Gasteiger partial charge < -0.3 is 15.0 Å². The molecule has 0 atom stereocenters. The predicted octanol–water partition coefficient (Wildman–Crippen LogP) is 2.15. The molecular weight excluding hydrogens is 244 g/mol. The number of nitrogens with one attached hydrogen (secondary N) is 2. The second kappa shape index (κ2) is 8.48. The molecule has 0 bridgehead atoms. The van der Waals surface area contributed by atoms with E-state index in [1.54, 1.807) is 12.3 Å². The molecule has 0 saturated carbocycles. The Hall–Kier alpha value is -1.62. The molecule has 0 aliphatic heterocycles. The van der Waals surface area contributed by atoms with Crippen molar-refractivity contribution < 1.29 is 14.3 Å². The molecule has 2 N–H and O–H groups in total. The van der Waals surface area contributed by atoms with Crippen molar-refractivity contribution in [2.45, 2.75) is 33.1 Å². The maximum atomic E-state index is 11.7. The van der Waals surface area contributed by atoms with E-state index in [0.29, 0.717) is 24.4 Å². The zero-order chi connectivity index (χ0) is 14.1. The summed E-state index contributed by atoms with van der Waals surface area (Å²) in [6.45, 7) is 5.60. The van der Waals surface area contributed by atoms with Crippen molar-refractivity contribution in [3.8, 4) is 0 Å². The molecule has 0 aromatic carbocycles. The molecule has 106 valence electrons. The summed E-state index contributed by atoms with van der Waals surface area (Å²) >= 11 is 0. The van der Waals surface area contributed by atoms with Gasteiger partial charge in [-0.15, -0.1) is 0 Å². The van der Waals surface area contributed by atoms with Gasteiger partial charge in [0.2, 0.25) is 0 Å². The summed E-state index contributed by atoms with van der Waals surface area (Å²) in [6, 6.07) is 1.56. The number of H-pyrrole nitrogens is 1. The van der Waals surface area contributed by atoms with Crippen LogP contribution in [0.1, 0.15) is 54.0 Å². The van der Waals surface area contributed by atoms with Crippen LogP contribution < -0.4 is 5.32 Å². The molecule has 0 aliphatic rings. The first-order chi connectivity index (χ1) is 9.15. The zero-order valence-corrected chi connectivity index (χ0v) is 11.6. The topological polar surface area (TPSA) is 71.2 Å².